The number of fused-ring (bicyclic) bond motifs is 1. The standard InChI is InChI=1S/C15H15FN4O/c1-9-2-5-12(14(17)19-21)15(18-9)20-7-6-10-3-4-11(16)8-13(10)20/h2-5,8,21H,6-7H2,1H3,(H2,17,19). The van der Waals surface area contributed by atoms with E-state index in [2.05, 4.69) is 10.1 Å². The van der Waals surface area contributed by atoms with E-state index in [-0.39, 0.29) is 11.7 Å². The fourth-order valence-corrected chi connectivity index (χ4v) is 2.57. The van der Waals surface area contributed by atoms with Gasteiger partial charge in [0, 0.05) is 17.9 Å². The van der Waals surface area contributed by atoms with Crippen LogP contribution in [0.25, 0.3) is 0 Å². The third-order valence-electron chi connectivity index (χ3n) is 3.60. The van der Waals surface area contributed by atoms with E-state index in [0.29, 0.717) is 17.9 Å². The van der Waals surface area contributed by atoms with Gasteiger partial charge < -0.3 is 15.8 Å². The molecule has 0 spiro atoms. The molecule has 0 radical (unpaired) electrons. The van der Waals surface area contributed by atoms with Crippen LogP contribution < -0.4 is 10.6 Å². The zero-order valence-corrected chi connectivity index (χ0v) is 11.5. The Morgan fingerprint density at radius 2 is 2.19 bits per heavy atom. The predicted molar refractivity (Wildman–Crippen MR) is 78.6 cm³/mol. The van der Waals surface area contributed by atoms with Crippen molar-refractivity contribution in [2.24, 2.45) is 10.9 Å². The molecule has 3 N–H and O–H groups in total. The predicted octanol–water partition coefficient (Wildman–Crippen LogP) is 2.32. The van der Waals surface area contributed by atoms with E-state index in [1.807, 2.05) is 11.8 Å². The highest BCUT2D eigenvalue weighted by molar-refractivity contribution is 6.02. The van der Waals surface area contributed by atoms with Gasteiger partial charge in [0.05, 0.1) is 5.56 Å². The monoisotopic (exact) mass is 286 g/mol. The molecule has 1 aliphatic rings. The maximum absolute atomic E-state index is 13.5. The van der Waals surface area contributed by atoms with E-state index < -0.39 is 0 Å². The minimum Gasteiger partial charge on any atom is -0.409 e. The summed E-state index contributed by atoms with van der Waals surface area (Å²) in [6.07, 6.45) is 0.806. The first-order valence-corrected chi connectivity index (χ1v) is 6.61. The molecular formula is C15H15FN4O. The van der Waals surface area contributed by atoms with Gasteiger partial charge in [-0.2, -0.15) is 0 Å². The van der Waals surface area contributed by atoms with Crippen molar-refractivity contribution in [2.45, 2.75) is 13.3 Å². The van der Waals surface area contributed by atoms with Crippen LogP contribution in [-0.2, 0) is 6.42 Å². The number of aromatic nitrogens is 1. The van der Waals surface area contributed by atoms with Gasteiger partial charge in [-0.3, -0.25) is 0 Å². The first-order chi connectivity index (χ1) is 10.1. The molecule has 3 rings (SSSR count). The molecule has 2 aromatic rings. The third-order valence-corrected chi connectivity index (χ3v) is 3.60. The normalized spacial score (nSPS) is 14.4. The molecule has 1 aliphatic heterocycles. The highest BCUT2D eigenvalue weighted by atomic mass is 19.1. The van der Waals surface area contributed by atoms with Crippen molar-refractivity contribution in [2.75, 3.05) is 11.4 Å². The van der Waals surface area contributed by atoms with E-state index in [1.165, 1.54) is 12.1 Å². The summed E-state index contributed by atoms with van der Waals surface area (Å²) in [6, 6.07) is 8.27. The van der Waals surface area contributed by atoms with Crippen molar-refractivity contribution in [3.8, 4) is 0 Å². The number of benzene rings is 1. The summed E-state index contributed by atoms with van der Waals surface area (Å²) >= 11 is 0. The average Bonchev–Trinajstić information content (AvgIpc) is 2.89. The second-order valence-electron chi connectivity index (χ2n) is 4.98. The average molecular weight is 286 g/mol. The summed E-state index contributed by atoms with van der Waals surface area (Å²) in [5, 5.41) is 12.0. The minimum absolute atomic E-state index is 0.0117. The Balaban J connectivity index is 2.15. The summed E-state index contributed by atoms with van der Waals surface area (Å²) < 4.78 is 13.5. The van der Waals surface area contributed by atoms with Gasteiger partial charge >= 0.3 is 0 Å². The lowest BCUT2D eigenvalue weighted by atomic mass is 10.1. The van der Waals surface area contributed by atoms with E-state index in [1.54, 1.807) is 18.2 Å². The number of nitrogens with two attached hydrogens (primary N) is 1. The Hall–Kier alpha value is -2.63. The fraction of sp³-hybridized carbons (Fsp3) is 0.200. The highest BCUT2D eigenvalue weighted by Crippen LogP contribution is 2.35. The van der Waals surface area contributed by atoms with Crippen LogP contribution in [0.4, 0.5) is 15.9 Å². The fourth-order valence-electron chi connectivity index (χ4n) is 2.57. The molecule has 1 aromatic carbocycles. The van der Waals surface area contributed by atoms with Gasteiger partial charge in [-0.05, 0) is 43.2 Å². The highest BCUT2D eigenvalue weighted by Gasteiger charge is 2.25. The first-order valence-electron chi connectivity index (χ1n) is 6.61. The van der Waals surface area contributed by atoms with Crippen molar-refractivity contribution in [3.63, 3.8) is 0 Å². The Bertz CT molecular complexity index is 730. The van der Waals surface area contributed by atoms with Crippen LogP contribution >= 0.6 is 0 Å². The molecule has 21 heavy (non-hydrogen) atoms. The molecule has 2 heterocycles. The number of amidine groups is 1. The van der Waals surface area contributed by atoms with Crippen LogP contribution in [0.3, 0.4) is 0 Å². The summed E-state index contributed by atoms with van der Waals surface area (Å²) in [7, 11) is 0. The Labute approximate surface area is 121 Å². The van der Waals surface area contributed by atoms with Crippen LogP contribution in [0.5, 0.6) is 0 Å². The van der Waals surface area contributed by atoms with Gasteiger partial charge in [0.25, 0.3) is 0 Å². The molecule has 0 aliphatic carbocycles. The first kappa shape index (κ1) is 13.4. The largest absolute Gasteiger partial charge is 0.409 e. The van der Waals surface area contributed by atoms with E-state index in [9.17, 15) is 4.39 Å². The summed E-state index contributed by atoms with van der Waals surface area (Å²) in [6.45, 7) is 2.54. The maximum Gasteiger partial charge on any atom is 0.173 e. The summed E-state index contributed by atoms with van der Waals surface area (Å²) in [5.41, 5.74) is 8.90. The molecular weight excluding hydrogens is 271 g/mol. The van der Waals surface area contributed by atoms with Crippen molar-refractivity contribution >= 4 is 17.3 Å². The Kier molecular flexibility index (Phi) is 3.21. The number of nitrogens with zero attached hydrogens (tertiary/aromatic N) is 3. The third kappa shape index (κ3) is 2.29. The number of anilines is 2. The lowest BCUT2D eigenvalue weighted by Gasteiger charge is -2.21. The van der Waals surface area contributed by atoms with Crippen LogP contribution in [0, 0.1) is 12.7 Å². The molecule has 0 saturated carbocycles. The maximum atomic E-state index is 13.5. The SMILES string of the molecule is Cc1ccc(/C(N)=N/O)c(N2CCc3ccc(F)cc32)n1. The van der Waals surface area contributed by atoms with Crippen molar-refractivity contribution in [3.05, 3.63) is 53.0 Å². The summed E-state index contributed by atoms with van der Waals surface area (Å²) in [5.74, 6) is 0.274. The van der Waals surface area contributed by atoms with Gasteiger partial charge in [-0.25, -0.2) is 9.37 Å². The molecule has 0 amide bonds. The number of hydrogen-bond acceptors (Lipinski definition) is 4. The number of hydrogen-bond donors (Lipinski definition) is 2. The van der Waals surface area contributed by atoms with Gasteiger partial charge in [0.1, 0.15) is 11.6 Å². The lowest BCUT2D eigenvalue weighted by Crippen LogP contribution is -2.22. The molecule has 5 nitrogen and oxygen atoms in total. The molecule has 0 bridgehead atoms. The lowest BCUT2D eigenvalue weighted by molar-refractivity contribution is 0.318. The molecule has 0 unspecified atom stereocenters. The Morgan fingerprint density at radius 3 is 2.95 bits per heavy atom. The molecule has 0 fully saturated rings. The smallest absolute Gasteiger partial charge is 0.173 e. The number of oxime groups is 1. The second-order valence-corrected chi connectivity index (χ2v) is 4.98. The van der Waals surface area contributed by atoms with Crippen molar-refractivity contribution < 1.29 is 9.60 Å². The zero-order chi connectivity index (χ0) is 15.0. The number of pyridine rings is 1. The van der Waals surface area contributed by atoms with Crippen LogP contribution in [0.15, 0.2) is 35.5 Å². The Morgan fingerprint density at radius 1 is 1.38 bits per heavy atom. The quantitative estimate of drug-likeness (QED) is 0.384. The minimum atomic E-state index is -0.293. The van der Waals surface area contributed by atoms with Gasteiger partial charge in [0.2, 0.25) is 0 Å². The molecule has 108 valence electrons. The number of rotatable bonds is 2. The van der Waals surface area contributed by atoms with Gasteiger partial charge in [-0.15, -0.1) is 0 Å². The van der Waals surface area contributed by atoms with Gasteiger partial charge in [0.15, 0.2) is 5.84 Å². The van der Waals surface area contributed by atoms with E-state index in [4.69, 9.17) is 10.9 Å². The molecule has 1 aromatic heterocycles. The molecule has 6 heteroatoms. The number of aryl methyl sites for hydroxylation is 1. The van der Waals surface area contributed by atoms with Crippen LogP contribution in [0.1, 0.15) is 16.8 Å². The van der Waals surface area contributed by atoms with Gasteiger partial charge in [-0.1, -0.05) is 11.2 Å². The van der Waals surface area contributed by atoms with Crippen molar-refractivity contribution in [1.29, 1.82) is 0 Å². The topological polar surface area (TPSA) is 74.7 Å². The van der Waals surface area contributed by atoms with Crippen molar-refractivity contribution in [1.82, 2.24) is 4.98 Å². The number of halogens is 1. The summed E-state index contributed by atoms with van der Waals surface area (Å²) in [4.78, 5) is 6.39. The van der Waals surface area contributed by atoms with Crippen LogP contribution in [-0.4, -0.2) is 22.6 Å². The molecule has 0 saturated heterocycles. The zero-order valence-electron chi connectivity index (χ0n) is 11.5. The van der Waals surface area contributed by atoms with E-state index in [0.717, 1.165) is 23.4 Å². The molecule has 0 atom stereocenters. The van der Waals surface area contributed by atoms with E-state index >= 15 is 0 Å². The second kappa shape index (κ2) is 5.05. The van der Waals surface area contributed by atoms with Crippen LogP contribution in [0.2, 0.25) is 0 Å².